The molecule has 3 heteroatoms. The summed E-state index contributed by atoms with van der Waals surface area (Å²) in [6.07, 6.45) is 7.74. The molecule has 1 fully saturated rings. The van der Waals surface area contributed by atoms with Crippen LogP contribution in [0.1, 0.15) is 48.5 Å². The zero-order valence-electron chi connectivity index (χ0n) is 12.4. The normalized spacial score (nSPS) is 27.5. The molecule has 2 atom stereocenters. The van der Waals surface area contributed by atoms with Crippen molar-refractivity contribution in [2.45, 2.75) is 45.1 Å². The lowest BCUT2D eigenvalue weighted by molar-refractivity contribution is 0.0485. The lowest BCUT2D eigenvalue weighted by atomic mass is 9.71. The van der Waals surface area contributed by atoms with Gasteiger partial charge in [-0.3, -0.25) is 14.7 Å². The molecule has 1 saturated carbocycles. The maximum Gasteiger partial charge on any atom is 0.184 e. The standard InChI is InChI=1S/C16H24N2O/c1-12-6-5-8-16(10-12,18(3)4)15(19)14-11-17-9-7-13(14)2/h7,9,11-12H,5-6,8,10H2,1-4H3. The highest BCUT2D eigenvalue weighted by atomic mass is 16.1. The molecule has 0 aliphatic heterocycles. The van der Waals surface area contributed by atoms with Gasteiger partial charge in [0.25, 0.3) is 0 Å². The molecule has 104 valence electrons. The highest BCUT2D eigenvalue weighted by Gasteiger charge is 2.44. The van der Waals surface area contributed by atoms with Crippen molar-refractivity contribution in [1.82, 2.24) is 9.88 Å². The summed E-state index contributed by atoms with van der Waals surface area (Å²) in [5.41, 5.74) is 1.47. The van der Waals surface area contributed by atoms with Crippen LogP contribution < -0.4 is 0 Å². The number of carbonyl (C=O) groups excluding carboxylic acids is 1. The van der Waals surface area contributed by atoms with Gasteiger partial charge in [-0.25, -0.2) is 0 Å². The summed E-state index contributed by atoms with van der Waals surface area (Å²) in [5.74, 6) is 0.853. The molecule has 0 saturated heterocycles. The Morgan fingerprint density at radius 2 is 2.21 bits per heavy atom. The summed E-state index contributed by atoms with van der Waals surface area (Å²) >= 11 is 0. The second-order valence-electron chi connectivity index (χ2n) is 6.15. The average molecular weight is 260 g/mol. The van der Waals surface area contributed by atoms with Crippen LogP contribution in [-0.2, 0) is 0 Å². The fraction of sp³-hybridized carbons (Fsp3) is 0.625. The minimum atomic E-state index is -0.342. The quantitative estimate of drug-likeness (QED) is 0.783. The van der Waals surface area contributed by atoms with Gasteiger partial charge in [0.05, 0.1) is 5.54 Å². The van der Waals surface area contributed by atoms with Crippen molar-refractivity contribution in [2.75, 3.05) is 14.1 Å². The number of hydrogen-bond donors (Lipinski definition) is 0. The Bertz CT molecular complexity index is 470. The number of aryl methyl sites for hydroxylation is 1. The molecule has 1 aliphatic rings. The molecular formula is C16H24N2O. The number of likely N-dealkylation sites (N-methyl/N-ethyl adjacent to an activating group) is 1. The maximum absolute atomic E-state index is 13.0. The first-order valence-corrected chi connectivity index (χ1v) is 7.10. The van der Waals surface area contributed by atoms with Crippen molar-refractivity contribution in [2.24, 2.45) is 5.92 Å². The van der Waals surface area contributed by atoms with Crippen molar-refractivity contribution in [3.8, 4) is 0 Å². The monoisotopic (exact) mass is 260 g/mol. The van der Waals surface area contributed by atoms with E-state index in [2.05, 4.69) is 16.8 Å². The third kappa shape index (κ3) is 2.57. The van der Waals surface area contributed by atoms with Gasteiger partial charge in [0.15, 0.2) is 5.78 Å². The molecule has 19 heavy (non-hydrogen) atoms. The van der Waals surface area contributed by atoms with Gasteiger partial charge in [-0.05, 0) is 51.4 Å². The Labute approximate surface area is 116 Å². The van der Waals surface area contributed by atoms with Gasteiger partial charge >= 0.3 is 0 Å². The first-order valence-electron chi connectivity index (χ1n) is 7.10. The number of ketones is 1. The molecule has 0 aromatic carbocycles. The van der Waals surface area contributed by atoms with E-state index < -0.39 is 0 Å². The number of aromatic nitrogens is 1. The number of nitrogens with zero attached hydrogens (tertiary/aromatic N) is 2. The summed E-state index contributed by atoms with van der Waals surface area (Å²) in [5, 5.41) is 0. The van der Waals surface area contributed by atoms with Gasteiger partial charge < -0.3 is 0 Å². The van der Waals surface area contributed by atoms with Crippen LogP contribution in [0.15, 0.2) is 18.5 Å². The summed E-state index contributed by atoms with van der Waals surface area (Å²) in [6.45, 7) is 4.24. The Balaban J connectivity index is 2.40. The van der Waals surface area contributed by atoms with E-state index in [0.717, 1.165) is 30.4 Å². The summed E-state index contributed by atoms with van der Waals surface area (Å²) in [7, 11) is 4.06. The highest BCUT2D eigenvalue weighted by Crippen LogP contribution is 2.38. The Morgan fingerprint density at radius 1 is 1.47 bits per heavy atom. The molecule has 0 N–H and O–H groups in total. The number of carbonyl (C=O) groups is 1. The number of pyridine rings is 1. The molecule has 1 aromatic heterocycles. The van der Waals surface area contributed by atoms with E-state index in [1.807, 2.05) is 27.1 Å². The fourth-order valence-electron chi connectivity index (χ4n) is 3.29. The minimum Gasteiger partial charge on any atom is -0.297 e. The van der Waals surface area contributed by atoms with Gasteiger partial charge in [0.1, 0.15) is 0 Å². The van der Waals surface area contributed by atoms with Crippen LogP contribution in [-0.4, -0.2) is 35.3 Å². The minimum absolute atomic E-state index is 0.245. The van der Waals surface area contributed by atoms with Crippen LogP contribution in [0.4, 0.5) is 0 Å². The highest BCUT2D eigenvalue weighted by molar-refractivity contribution is 6.04. The molecule has 0 radical (unpaired) electrons. The smallest absolute Gasteiger partial charge is 0.184 e. The average Bonchev–Trinajstić information content (AvgIpc) is 2.38. The second-order valence-corrected chi connectivity index (χ2v) is 6.15. The molecule has 2 unspecified atom stereocenters. The first kappa shape index (κ1) is 14.2. The topological polar surface area (TPSA) is 33.2 Å². The largest absolute Gasteiger partial charge is 0.297 e. The van der Waals surface area contributed by atoms with E-state index in [1.54, 1.807) is 12.4 Å². The van der Waals surface area contributed by atoms with E-state index in [-0.39, 0.29) is 11.3 Å². The van der Waals surface area contributed by atoms with E-state index in [9.17, 15) is 4.79 Å². The molecule has 2 rings (SSSR count). The van der Waals surface area contributed by atoms with Crippen LogP contribution in [0, 0.1) is 12.8 Å². The van der Waals surface area contributed by atoms with Crippen LogP contribution in [0.25, 0.3) is 0 Å². The van der Waals surface area contributed by atoms with Crippen LogP contribution in [0.3, 0.4) is 0 Å². The van der Waals surface area contributed by atoms with Gasteiger partial charge in [-0.2, -0.15) is 0 Å². The molecule has 3 nitrogen and oxygen atoms in total. The lowest BCUT2D eigenvalue weighted by Gasteiger charge is -2.44. The zero-order valence-corrected chi connectivity index (χ0v) is 12.4. The van der Waals surface area contributed by atoms with E-state index in [4.69, 9.17) is 0 Å². The molecular weight excluding hydrogens is 236 g/mol. The van der Waals surface area contributed by atoms with Crippen LogP contribution >= 0.6 is 0 Å². The SMILES string of the molecule is Cc1ccncc1C(=O)C1(N(C)C)CCCC(C)C1. The van der Waals surface area contributed by atoms with E-state index >= 15 is 0 Å². The van der Waals surface area contributed by atoms with Crippen LogP contribution in [0.5, 0.6) is 0 Å². The molecule has 1 heterocycles. The third-order valence-electron chi connectivity index (χ3n) is 4.54. The van der Waals surface area contributed by atoms with Crippen molar-refractivity contribution < 1.29 is 4.79 Å². The number of Topliss-reactive ketones (excluding diaryl/α,β-unsaturated/α-hetero) is 1. The van der Waals surface area contributed by atoms with E-state index in [1.165, 1.54) is 6.42 Å². The van der Waals surface area contributed by atoms with Crippen molar-refractivity contribution in [3.05, 3.63) is 29.6 Å². The van der Waals surface area contributed by atoms with E-state index in [0.29, 0.717) is 5.92 Å². The summed E-state index contributed by atoms with van der Waals surface area (Å²) in [6, 6.07) is 1.92. The van der Waals surface area contributed by atoms with Crippen molar-refractivity contribution in [3.63, 3.8) is 0 Å². The summed E-state index contributed by atoms with van der Waals surface area (Å²) in [4.78, 5) is 19.3. The lowest BCUT2D eigenvalue weighted by Crippen LogP contribution is -2.54. The summed E-state index contributed by atoms with van der Waals surface area (Å²) < 4.78 is 0. The van der Waals surface area contributed by atoms with Crippen molar-refractivity contribution >= 4 is 5.78 Å². The number of rotatable bonds is 3. The Morgan fingerprint density at radius 3 is 2.79 bits per heavy atom. The van der Waals surface area contributed by atoms with Gasteiger partial charge in [0.2, 0.25) is 0 Å². The van der Waals surface area contributed by atoms with Gasteiger partial charge in [0, 0.05) is 18.0 Å². The molecule has 0 bridgehead atoms. The molecule has 1 aliphatic carbocycles. The third-order valence-corrected chi connectivity index (χ3v) is 4.54. The maximum atomic E-state index is 13.0. The predicted molar refractivity (Wildman–Crippen MR) is 77.4 cm³/mol. The fourth-order valence-corrected chi connectivity index (χ4v) is 3.29. The van der Waals surface area contributed by atoms with Gasteiger partial charge in [-0.15, -0.1) is 0 Å². The second kappa shape index (κ2) is 5.41. The Kier molecular flexibility index (Phi) is 4.04. The zero-order chi connectivity index (χ0) is 14.0. The van der Waals surface area contributed by atoms with Crippen molar-refractivity contribution in [1.29, 1.82) is 0 Å². The predicted octanol–water partition coefficient (Wildman–Crippen LogP) is 3.08. The molecule has 0 spiro atoms. The van der Waals surface area contributed by atoms with Gasteiger partial charge in [-0.1, -0.05) is 19.8 Å². The van der Waals surface area contributed by atoms with Crippen LogP contribution in [0.2, 0.25) is 0 Å². The number of hydrogen-bond acceptors (Lipinski definition) is 3. The molecule has 1 aromatic rings. The Hall–Kier alpha value is -1.22. The first-order chi connectivity index (χ1) is 8.97. The molecule has 0 amide bonds.